The van der Waals surface area contributed by atoms with E-state index in [0.29, 0.717) is 6.54 Å². The minimum absolute atomic E-state index is 0. The van der Waals surface area contributed by atoms with E-state index in [4.69, 9.17) is 4.99 Å². The number of hydrogen-bond donors (Lipinski definition) is 3. The van der Waals surface area contributed by atoms with E-state index in [9.17, 15) is 0 Å². The van der Waals surface area contributed by atoms with Gasteiger partial charge in [-0.15, -0.1) is 45.5 Å². The number of guanidine groups is 1. The second-order valence-electron chi connectivity index (χ2n) is 7.59. The molecule has 0 aliphatic carbocycles. The highest BCUT2D eigenvalue weighted by molar-refractivity contribution is 14.0. The van der Waals surface area contributed by atoms with Crippen LogP contribution in [0.5, 0.6) is 0 Å². The van der Waals surface area contributed by atoms with Crippen LogP contribution < -0.4 is 10.6 Å². The van der Waals surface area contributed by atoms with Gasteiger partial charge in [0.05, 0.1) is 0 Å². The van der Waals surface area contributed by atoms with Crippen molar-refractivity contribution in [2.75, 3.05) is 13.1 Å². The molecule has 3 heterocycles. The first-order chi connectivity index (χ1) is 15.1. The molecule has 4 aromatic rings. The van der Waals surface area contributed by atoms with Crippen LogP contribution in [0, 0.1) is 13.8 Å². The molecule has 170 valence electrons. The third-order valence-corrected chi connectivity index (χ3v) is 6.44. The average Bonchev–Trinajstić information content (AvgIpc) is 3.47. The molecule has 0 amide bonds. The quantitative estimate of drug-likeness (QED) is 0.171. The number of halogens is 1. The maximum absolute atomic E-state index is 4.76. The summed E-state index contributed by atoms with van der Waals surface area (Å²) in [5, 5.41) is 18.7. The minimum Gasteiger partial charge on any atom is -0.358 e. The molecule has 4 rings (SSSR count). The molecule has 0 saturated heterocycles. The Kier molecular flexibility index (Phi) is 8.68. The highest BCUT2D eigenvalue weighted by Gasteiger charge is 2.09. The number of aromatic nitrogens is 4. The Morgan fingerprint density at radius 2 is 1.84 bits per heavy atom. The maximum atomic E-state index is 4.76. The molecule has 0 saturated carbocycles. The minimum atomic E-state index is 0. The average molecular weight is 564 g/mol. The number of benzene rings is 1. The monoisotopic (exact) mass is 563 g/mol. The summed E-state index contributed by atoms with van der Waals surface area (Å²) in [4.78, 5) is 9.60. The molecule has 0 aliphatic heterocycles. The van der Waals surface area contributed by atoms with Gasteiger partial charge in [0, 0.05) is 41.6 Å². The van der Waals surface area contributed by atoms with E-state index in [1.165, 1.54) is 27.0 Å². The van der Waals surface area contributed by atoms with Crippen molar-refractivity contribution in [3.8, 4) is 0 Å². The summed E-state index contributed by atoms with van der Waals surface area (Å²) in [5.41, 5.74) is 3.77. The van der Waals surface area contributed by atoms with Gasteiger partial charge < -0.3 is 20.2 Å². The highest BCUT2D eigenvalue weighted by atomic mass is 127. The molecule has 1 aromatic carbocycles. The molecule has 7 nitrogen and oxygen atoms in total. The molecule has 32 heavy (non-hydrogen) atoms. The standard InChI is InChI=1S/C23H29N7S.HI/c1-16-19(20-8-4-5-9-21(20)27-16)11-13-25-23(24-12-10-18-7-6-14-31-18)26-15-22-29-28-17(2)30(22)3;/h4-9,14,27H,10-13,15H2,1-3H3,(H2,24,25,26);1H. The van der Waals surface area contributed by atoms with Crippen molar-refractivity contribution in [3.63, 3.8) is 0 Å². The van der Waals surface area contributed by atoms with Crippen molar-refractivity contribution >= 4 is 52.2 Å². The second kappa shape index (κ2) is 11.5. The molecule has 3 aromatic heterocycles. The number of nitrogens with zero attached hydrogens (tertiary/aromatic N) is 4. The largest absolute Gasteiger partial charge is 0.358 e. The first kappa shape index (κ1) is 24.2. The Morgan fingerprint density at radius 3 is 2.56 bits per heavy atom. The van der Waals surface area contributed by atoms with Gasteiger partial charge >= 0.3 is 0 Å². The molecule has 0 aliphatic rings. The summed E-state index contributed by atoms with van der Waals surface area (Å²) < 4.78 is 1.97. The number of rotatable bonds is 8. The van der Waals surface area contributed by atoms with E-state index >= 15 is 0 Å². The van der Waals surface area contributed by atoms with Crippen LogP contribution in [0.2, 0.25) is 0 Å². The van der Waals surface area contributed by atoms with Crippen molar-refractivity contribution in [3.05, 3.63) is 69.6 Å². The summed E-state index contributed by atoms with van der Waals surface area (Å²) in [7, 11) is 1.97. The summed E-state index contributed by atoms with van der Waals surface area (Å²) >= 11 is 1.78. The molecule has 9 heteroatoms. The zero-order valence-corrected chi connectivity index (χ0v) is 21.8. The smallest absolute Gasteiger partial charge is 0.191 e. The molecule has 0 unspecified atom stereocenters. The van der Waals surface area contributed by atoms with Crippen LogP contribution >= 0.6 is 35.3 Å². The number of aryl methyl sites for hydroxylation is 2. The van der Waals surface area contributed by atoms with Crippen molar-refractivity contribution in [1.29, 1.82) is 0 Å². The van der Waals surface area contributed by atoms with Gasteiger partial charge in [0.2, 0.25) is 0 Å². The Morgan fingerprint density at radius 1 is 1.06 bits per heavy atom. The normalized spacial score (nSPS) is 11.5. The predicted octanol–water partition coefficient (Wildman–Crippen LogP) is 4.11. The van der Waals surface area contributed by atoms with Gasteiger partial charge in [-0.3, -0.25) is 0 Å². The van der Waals surface area contributed by atoms with Crippen LogP contribution in [0.15, 0.2) is 46.8 Å². The third-order valence-electron chi connectivity index (χ3n) is 5.50. The van der Waals surface area contributed by atoms with Crippen LogP contribution in [0.25, 0.3) is 10.9 Å². The van der Waals surface area contributed by atoms with E-state index in [0.717, 1.165) is 43.5 Å². The topological polar surface area (TPSA) is 82.9 Å². The number of aromatic amines is 1. The van der Waals surface area contributed by atoms with E-state index in [1.54, 1.807) is 11.3 Å². The van der Waals surface area contributed by atoms with E-state index in [2.05, 4.69) is 74.5 Å². The number of nitrogens with one attached hydrogen (secondary N) is 3. The molecule has 0 radical (unpaired) electrons. The summed E-state index contributed by atoms with van der Waals surface area (Å²) in [5.74, 6) is 2.54. The predicted molar refractivity (Wildman–Crippen MR) is 143 cm³/mol. The Bertz CT molecular complexity index is 1160. The molecular formula is C23H30IN7S. The third kappa shape index (κ3) is 5.89. The highest BCUT2D eigenvalue weighted by Crippen LogP contribution is 2.21. The number of H-pyrrole nitrogens is 1. The van der Waals surface area contributed by atoms with Crippen LogP contribution in [-0.4, -0.2) is 38.8 Å². The van der Waals surface area contributed by atoms with Crippen molar-refractivity contribution < 1.29 is 0 Å². The lowest BCUT2D eigenvalue weighted by Crippen LogP contribution is -2.39. The molecule has 0 bridgehead atoms. The molecule has 3 N–H and O–H groups in total. The van der Waals surface area contributed by atoms with E-state index < -0.39 is 0 Å². The van der Waals surface area contributed by atoms with Crippen LogP contribution in [0.4, 0.5) is 0 Å². The summed E-state index contributed by atoms with van der Waals surface area (Å²) in [6, 6.07) is 12.7. The van der Waals surface area contributed by atoms with Gasteiger partial charge in [0.25, 0.3) is 0 Å². The van der Waals surface area contributed by atoms with Gasteiger partial charge in [-0.1, -0.05) is 24.3 Å². The Balaban J connectivity index is 0.00000289. The Hall–Kier alpha value is -2.40. The first-order valence-electron chi connectivity index (χ1n) is 10.6. The zero-order valence-electron chi connectivity index (χ0n) is 18.7. The SMILES string of the molecule is Cc1[nH]c2ccccc2c1CCNC(=NCc1nnc(C)n1C)NCCc1cccs1.I. The van der Waals surface area contributed by atoms with Gasteiger partial charge in [-0.2, -0.15) is 0 Å². The zero-order chi connectivity index (χ0) is 21.6. The molecule has 0 fully saturated rings. The van der Waals surface area contributed by atoms with Crippen LogP contribution in [0.3, 0.4) is 0 Å². The number of para-hydroxylation sites is 1. The molecule has 0 atom stereocenters. The van der Waals surface area contributed by atoms with E-state index in [1.807, 2.05) is 18.5 Å². The van der Waals surface area contributed by atoms with Gasteiger partial charge in [-0.05, 0) is 49.8 Å². The van der Waals surface area contributed by atoms with Crippen LogP contribution in [-0.2, 0) is 26.4 Å². The number of hydrogen-bond acceptors (Lipinski definition) is 4. The lowest BCUT2D eigenvalue weighted by atomic mass is 10.1. The van der Waals surface area contributed by atoms with Crippen molar-refractivity contribution in [1.82, 2.24) is 30.4 Å². The first-order valence-corrected chi connectivity index (χ1v) is 11.5. The van der Waals surface area contributed by atoms with Gasteiger partial charge in [0.1, 0.15) is 12.4 Å². The fourth-order valence-corrected chi connectivity index (χ4v) is 4.34. The van der Waals surface area contributed by atoms with Crippen LogP contribution in [0.1, 0.15) is 27.8 Å². The van der Waals surface area contributed by atoms with Gasteiger partial charge in [-0.25, -0.2) is 4.99 Å². The van der Waals surface area contributed by atoms with Gasteiger partial charge in [0.15, 0.2) is 11.8 Å². The summed E-state index contributed by atoms with van der Waals surface area (Å²) in [6.07, 6.45) is 1.90. The summed E-state index contributed by atoms with van der Waals surface area (Å²) in [6.45, 7) is 6.20. The fraction of sp³-hybridized carbons (Fsp3) is 0.348. The van der Waals surface area contributed by atoms with Crippen molar-refractivity contribution in [2.45, 2.75) is 33.2 Å². The number of fused-ring (bicyclic) bond motifs is 1. The molecular weight excluding hydrogens is 533 g/mol. The Labute approximate surface area is 209 Å². The number of thiophene rings is 1. The molecule has 0 spiro atoms. The van der Waals surface area contributed by atoms with Crippen molar-refractivity contribution in [2.24, 2.45) is 12.0 Å². The fourth-order valence-electron chi connectivity index (χ4n) is 3.63. The lowest BCUT2D eigenvalue weighted by molar-refractivity contribution is 0.746. The second-order valence-corrected chi connectivity index (χ2v) is 8.63. The lowest BCUT2D eigenvalue weighted by Gasteiger charge is -2.13. The van der Waals surface area contributed by atoms with E-state index in [-0.39, 0.29) is 24.0 Å². The maximum Gasteiger partial charge on any atom is 0.191 e. The number of aliphatic imine (C=N–C) groups is 1.